The molecule has 0 aromatic heterocycles. The van der Waals surface area contributed by atoms with Gasteiger partial charge in [-0.2, -0.15) is 0 Å². The number of rotatable bonds is 4. The van der Waals surface area contributed by atoms with Gasteiger partial charge in [0.15, 0.2) is 0 Å². The number of nitrogens with one attached hydrogen (secondary N) is 1. The fourth-order valence-electron chi connectivity index (χ4n) is 3.51. The molecule has 1 aliphatic rings. The highest BCUT2D eigenvalue weighted by Gasteiger charge is 2.28. The number of hydrogen-bond acceptors (Lipinski definition) is 2. The van der Waals surface area contributed by atoms with Crippen LogP contribution in [0.1, 0.15) is 35.6 Å². The van der Waals surface area contributed by atoms with E-state index in [4.69, 9.17) is 0 Å². The Morgan fingerprint density at radius 2 is 1.88 bits per heavy atom. The number of carbonyl (C=O) groups is 1. The van der Waals surface area contributed by atoms with Gasteiger partial charge in [0.05, 0.1) is 12.2 Å². The smallest absolute Gasteiger partial charge is 0.238 e. The minimum atomic E-state index is 0.0192. The monoisotopic (exact) mass is 464 g/mol. The third-order valence-electron chi connectivity index (χ3n) is 4.71. The summed E-state index contributed by atoms with van der Waals surface area (Å²) in [6.45, 7) is 5.54. The lowest BCUT2D eigenvalue weighted by atomic mass is 9.99. The van der Waals surface area contributed by atoms with Crippen LogP contribution in [0.5, 0.6) is 0 Å². The fourth-order valence-corrected chi connectivity index (χ4v) is 5.12. The summed E-state index contributed by atoms with van der Waals surface area (Å²) < 4.78 is 1.79. The summed E-state index contributed by atoms with van der Waals surface area (Å²) in [6, 6.07) is 12.8. The van der Waals surface area contributed by atoms with E-state index in [0.29, 0.717) is 12.6 Å². The molecule has 1 N–H and O–H groups in total. The van der Waals surface area contributed by atoms with Gasteiger partial charge >= 0.3 is 0 Å². The summed E-state index contributed by atoms with van der Waals surface area (Å²) in [6.07, 6.45) is 2.24. The Bertz CT molecular complexity index is 768. The first-order valence-electron chi connectivity index (χ1n) is 8.51. The first kappa shape index (κ1) is 18.6. The molecule has 2 aromatic rings. The van der Waals surface area contributed by atoms with Crippen molar-refractivity contribution in [1.29, 1.82) is 0 Å². The third kappa shape index (κ3) is 4.33. The van der Waals surface area contributed by atoms with E-state index in [1.165, 1.54) is 11.1 Å². The predicted molar refractivity (Wildman–Crippen MR) is 110 cm³/mol. The molecule has 3 nitrogen and oxygen atoms in total. The minimum absolute atomic E-state index is 0.0192. The highest BCUT2D eigenvalue weighted by Crippen LogP contribution is 2.34. The van der Waals surface area contributed by atoms with Gasteiger partial charge in [0.25, 0.3) is 0 Å². The molecule has 3 rings (SSSR count). The van der Waals surface area contributed by atoms with Crippen molar-refractivity contribution in [3.63, 3.8) is 0 Å². The first-order valence-corrected chi connectivity index (χ1v) is 10.1. The summed E-state index contributed by atoms with van der Waals surface area (Å²) in [4.78, 5) is 14.9. The first-order chi connectivity index (χ1) is 12.0. The third-order valence-corrected chi connectivity index (χ3v) is 5.96. The molecule has 1 amide bonds. The van der Waals surface area contributed by atoms with Gasteiger partial charge in [-0.25, -0.2) is 0 Å². The molecule has 1 saturated heterocycles. The van der Waals surface area contributed by atoms with Crippen molar-refractivity contribution in [2.45, 2.75) is 32.7 Å². The number of amides is 1. The minimum Gasteiger partial charge on any atom is -0.323 e. The number of halogens is 2. The predicted octanol–water partition coefficient (Wildman–Crippen LogP) is 5.60. The lowest BCUT2D eigenvalue weighted by Crippen LogP contribution is -2.33. The normalized spacial score (nSPS) is 17.7. The molecule has 0 aliphatic carbocycles. The van der Waals surface area contributed by atoms with Crippen molar-refractivity contribution in [3.05, 3.63) is 62.0 Å². The molecule has 1 fully saturated rings. The Hall–Kier alpha value is -1.17. The number of anilines is 1. The number of likely N-dealkylation sites (tertiary alicyclic amines) is 1. The summed E-state index contributed by atoms with van der Waals surface area (Å²) >= 11 is 7.08. The zero-order valence-electron chi connectivity index (χ0n) is 14.5. The summed E-state index contributed by atoms with van der Waals surface area (Å²) in [5.41, 5.74) is 4.56. The lowest BCUT2D eigenvalue weighted by Gasteiger charge is -2.25. The molecular formula is C20H22Br2N2O. The average Bonchev–Trinajstić information content (AvgIpc) is 2.99. The van der Waals surface area contributed by atoms with E-state index in [-0.39, 0.29) is 5.91 Å². The van der Waals surface area contributed by atoms with Gasteiger partial charge in [0, 0.05) is 15.0 Å². The van der Waals surface area contributed by atoms with Gasteiger partial charge in [-0.1, -0.05) is 24.3 Å². The zero-order valence-corrected chi connectivity index (χ0v) is 17.7. The van der Waals surface area contributed by atoms with Crippen LogP contribution in [-0.4, -0.2) is 23.9 Å². The maximum atomic E-state index is 12.6. The molecule has 0 radical (unpaired) electrons. The van der Waals surface area contributed by atoms with Crippen LogP contribution in [0.3, 0.4) is 0 Å². The van der Waals surface area contributed by atoms with Crippen LogP contribution in [0.15, 0.2) is 45.3 Å². The molecule has 1 unspecified atom stereocenters. The second-order valence-electron chi connectivity index (χ2n) is 6.64. The van der Waals surface area contributed by atoms with E-state index >= 15 is 0 Å². The molecule has 0 saturated carbocycles. The topological polar surface area (TPSA) is 32.3 Å². The van der Waals surface area contributed by atoms with Crippen LogP contribution in [0.2, 0.25) is 0 Å². The number of carbonyl (C=O) groups excluding carboxylic acids is 1. The van der Waals surface area contributed by atoms with Crippen molar-refractivity contribution in [1.82, 2.24) is 4.90 Å². The quantitative estimate of drug-likeness (QED) is 0.636. The lowest BCUT2D eigenvalue weighted by molar-refractivity contribution is -0.117. The summed E-state index contributed by atoms with van der Waals surface area (Å²) in [5.74, 6) is 0.0192. The maximum Gasteiger partial charge on any atom is 0.238 e. The van der Waals surface area contributed by atoms with Crippen LogP contribution in [0.4, 0.5) is 5.69 Å². The van der Waals surface area contributed by atoms with Crippen LogP contribution in [-0.2, 0) is 4.79 Å². The van der Waals surface area contributed by atoms with Crippen LogP contribution in [0.25, 0.3) is 0 Å². The van der Waals surface area contributed by atoms with Crippen molar-refractivity contribution < 1.29 is 4.79 Å². The van der Waals surface area contributed by atoms with E-state index in [0.717, 1.165) is 39.6 Å². The summed E-state index contributed by atoms with van der Waals surface area (Å²) in [5, 5.41) is 3.04. The number of aryl methyl sites for hydroxylation is 2. The molecule has 2 aromatic carbocycles. The molecular weight excluding hydrogens is 444 g/mol. The molecule has 0 bridgehead atoms. The maximum absolute atomic E-state index is 12.6. The molecule has 5 heteroatoms. The van der Waals surface area contributed by atoms with Crippen molar-refractivity contribution in [2.24, 2.45) is 0 Å². The van der Waals surface area contributed by atoms with Gasteiger partial charge in [-0.05, 0) is 93.9 Å². The Morgan fingerprint density at radius 1 is 1.20 bits per heavy atom. The van der Waals surface area contributed by atoms with Gasteiger partial charge in [0.1, 0.15) is 0 Å². The van der Waals surface area contributed by atoms with Gasteiger partial charge < -0.3 is 5.32 Å². The number of nitrogens with zero attached hydrogens (tertiary/aromatic N) is 1. The standard InChI is InChI=1S/C20H22Br2N2O/c1-13-10-16(21)20(17(22)11-13)23-19(25)12-24-9-5-8-18(24)15-7-4-3-6-14(15)2/h3-4,6-7,10-11,18H,5,8-9,12H2,1-2H3,(H,23,25). The molecule has 132 valence electrons. The van der Waals surface area contributed by atoms with Crippen LogP contribution >= 0.6 is 31.9 Å². The molecule has 1 atom stereocenters. The number of hydrogen-bond donors (Lipinski definition) is 1. The van der Waals surface area contributed by atoms with E-state index in [2.05, 4.69) is 73.3 Å². The summed E-state index contributed by atoms with van der Waals surface area (Å²) in [7, 11) is 0. The van der Waals surface area contributed by atoms with Crippen molar-refractivity contribution >= 4 is 43.5 Å². The molecule has 1 heterocycles. The van der Waals surface area contributed by atoms with Crippen molar-refractivity contribution in [3.8, 4) is 0 Å². The van der Waals surface area contributed by atoms with Crippen LogP contribution < -0.4 is 5.32 Å². The van der Waals surface area contributed by atoms with E-state index < -0.39 is 0 Å². The van der Waals surface area contributed by atoms with E-state index in [9.17, 15) is 4.79 Å². The van der Waals surface area contributed by atoms with Gasteiger partial charge in [-0.15, -0.1) is 0 Å². The van der Waals surface area contributed by atoms with E-state index in [1.807, 2.05) is 19.1 Å². The zero-order chi connectivity index (χ0) is 18.0. The molecule has 0 spiro atoms. The molecule has 25 heavy (non-hydrogen) atoms. The highest BCUT2D eigenvalue weighted by molar-refractivity contribution is 9.11. The Kier molecular flexibility index (Phi) is 5.97. The number of benzene rings is 2. The second-order valence-corrected chi connectivity index (χ2v) is 8.35. The second kappa shape index (κ2) is 8.02. The SMILES string of the molecule is Cc1cc(Br)c(NC(=O)CN2CCCC2c2ccccc2C)c(Br)c1. The van der Waals surface area contributed by atoms with Gasteiger partial charge in [0.2, 0.25) is 5.91 Å². The highest BCUT2D eigenvalue weighted by atomic mass is 79.9. The Balaban J connectivity index is 1.72. The fraction of sp³-hybridized carbons (Fsp3) is 0.350. The van der Waals surface area contributed by atoms with E-state index in [1.54, 1.807) is 0 Å². The Labute approximate surface area is 166 Å². The molecule has 1 aliphatic heterocycles. The van der Waals surface area contributed by atoms with Crippen LogP contribution in [0, 0.1) is 13.8 Å². The average molecular weight is 466 g/mol. The largest absolute Gasteiger partial charge is 0.323 e. The Morgan fingerprint density at radius 3 is 2.56 bits per heavy atom. The van der Waals surface area contributed by atoms with Gasteiger partial charge in [-0.3, -0.25) is 9.69 Å². The van der Waals surface area contributed by atoms with Crippen molar-refractivity contribution in [2.75, 3.05) is 18.4 Å².